The third-order valence-corrected chi connectivity index (χ3v) is 8.85. The molecule has 0 saturated carbocycles. The lowest BCUT2D eigenvalue weighted by Gasteiger charge is -2.39. The summed E-state index contributed by atoms with van der Waals surface area (Å²) in [5.41, 5.74) is 0.840. The van der Waals surface area contributed by atoms with Crippen molar-refractivity contribution in [2.45, 2.75) is 43.7 Å². The molecule has 7 nitrogen and oxygen atoms in total. The van der Waals surface area contributed by atoms with Crippen LogP contribution >= 0.6 is 0 Å². The summed E-state index contributed by atoms with van der Waals surface area (Å²) in [5, 5.41) is 0. The molecular weight excluding hydrogens is 536 g/mol. The van der Waals surface area contributed by atoms with Gasteiger partial charge in [0.25, 0.3) is 5.91 Å². The van der Waals surface area contributed by atoms with Crippen LogP contribution in [0.25, 0.3) is 0 Å². The van der Waals surface area contributed by atoms with Gasteiger partial charge in [0, 0.05) is 37.8 Å². The molecule has 2 amide bonds. The van der Waals surface area contributed by atoms with Crippen molar-refractivity contribution in [3.63, 3.8) is 0 Å². The molecule has 0 bridgehead atoms. The Kier molecular flexibility index (Phi) is 9.65. The van der Waals surface area contributed by atoms with Crippen molar-refractivity contribution < 1.29 is 26.8 Å². The van der Waals surface area contributed by atoms with E-state index in [-0.39, 0.29) is 42.0 Å². The number of hydrogen-bond donors (Lipinski definition) is 0. The molecular formula is C30H33F2N3O4S. The summed E-state index contributed by atoms with van der Waals surface area (Å²) in [5.74, 6) is -1.61. The number of sulfonamides is 1. The van der Waals surface area contributed by atoms with Gasteiger partial charge in [0.05, 0.1) is 11.4 Å². The van der Waals surface area contributed by atoms with Crippen LogP contribution in [0.4, 0.5) is 8.78 Å². The third kappa shape index (κ3) is 7.11. The highest BCUT2D eigenvalue weighted by molar-refractivity contribution is 7.89. The van der Waals surface area contributed by atoms with E-state index in [4.69, 9.17) is 0 Å². The van der Waals surface area contributed by atoms with Crippen molar-refractivity contribution >= 4 is 21.8 Å². The molecule has 1 aliphatic rings. The van der Waals surface area contributed by atoms with E-state index < -0.39 is 27.6 Å². The predicted octanol–water partition coefficient (Wildman–Crippen LogP) is 4.70. The van der Waals surface area contributed by atoms with Crippen LogP contribution in [-0.2, 0) is 21.4 Å². The Bertz CT molecular complexity index is 1430. The highest BCUT2D eigenvalue weighted by atomic mass is 32.2. The number of halogens is 2. The molecule has 1 aliphatic heterocycles. The van der Waals surface area contributed by atoms with E-state index >= 15 is 0 Å². The second-order valence-electron chi connectivity index (χ2n) is 9.84. The van der Waals surface area contributed by atoms with Crippen LogP contribution in [0.2, 0.25) is 0 Å². The molecule has 3 aromatic rings. The highest BCUT2D eigenvalue weighted by Crippen LogP contribution is 2.23. The first kappa shape index (κ1) is 29.4. The Morgan fingerprint density at radius 2 is 1.55 bits per heavy atom. The number of likely N-dealkylation sites (tertiary alicyclic amines) is 1. The Hall–Kier alpha value is -3.63. The molecule has 0 aromatic heterocycles. The van der Waals surface area contributed by atoms with Gasteiger partial charge in [-0.05, 0) is 67.3 Å². The SMILES string of the molecule is CCCN(CC(=O)N(Cc1cccc(F)c1)C1CCN(C(=O)c2cccc(F)c2)CC1)S(=O)(=O)c1ccccc1. The lowest BCUT2D eigenvalue weighted by molar-refractivity contribution is -0.135. The maximum Gasteiger partial charge on any atom is 0.253 e. The molecule has 0 atom stereocenters. The van der Waals surface area contributed by atoms with Crippen LogP contribution in [0.1, 0.15) is 42.1 Å². The second kappa shape index (κ2) is 13.1. The van der Waals surface area contributed by atoms with Crippen molar-refractivity contribution in [2.75, 3.05) is 26.2 Å². The van der Waals surface area contributed by atoms with E-state index in [2.05, 4.69) is 0 Å². The molecule has 0 unspecified atom stereocenters. The third-order valence-electron chi connectivity index (χ3n) is 6.99. The standard InChI is InChI=1S/C30H33F2N3O4S/c1-2-16-34(40(38,39)28-12-4-3-5-13-28)22-29(36)35(21-23-8-6-10-25(31)19-23)27-14-17-33(18-15-27)30(37)24-9-7-11-26(32)20-24/h3-13,19-20,27H,2,14-18,21-22H2,1H3. The normalized spacial score (nSPS) is 14.3. The molecule has 1 saturated heterocycles. The number of benzene rings is 3. The maximum atomic E-state index is 14.0. The van der Waals surface area contributed by atoms with Crippen molar-refractivity contribution in [3.05, 3.63) is 102 Å². The molecule has 4 rings (SSSR count). The van der Waals surface area contributed by atoms with Gasteiger partial charge in [-0.2, -0.15) is 4.31 Å². The first-order valence-corrected chi connectivity index (χ1v) is 14.8. The number of carbonyl (C=O) groups excluding carboxylic acids is 2. The lowest BCUT2D eigenvalue weighted by atomic mass is 10.0. The Morgan fingerprint density at radius 3 is 2.17 bits per heavy atom. The zero-order valence-electron chi connectivity index (χ0n) is 22.4. The summed E-state index contributed by atoms with van der Waals surface area (Å²) in [6, 6.07) is 19.2. The first-order valence-electron chi connectivity index (χ1n) is 13.3. The molecule has 40 heavy (non-hydrogen) atoms. The largest absolute Gasteiger partial charge is 0.338 e. The molecule has 1 heterocycles. The molecule has 10 heteroatoms. The van der Waals surface area contributed by atoms with Gasteiger partial charge in [0.1, 0.15) is 11.6 Å². The highest BCUT2D eigenvalue weighted by Gasteiger charge is 2.33. The zero-order chi connectivity index (χ0) is 28.7. The van der Waals surface area contributed by atoms with Crippen LogP contribution in [0.15, 0.2) is 83.8 Å². The van der Waals surface area contributed by atoms with Gasteiger partial charge in [-0.3, -0.25) is 9.59 Å². The lowest BCUT2D eigenvalue weighted by Crippen LogP contribution is -2.51. The van der Waals surface area contributed by atoms with Crippen molar-refractivity contribution in [1.29, 1.82) is 0 Å². The number of hydrogen-bond acceptors (Lipinski definition) is 4. The first-order chi connectivity index (χ1) is 19.2. The number of carbonyl (C=O) groups is 2. The topological polar surface area (TPSA) is 78.0 Å². The molecule has 0 radical (unpaired) electrons. The number of piperidine rings is 1. The summed E-state index contributed by atoms with van der Waals surface area (Å²) in [4.78, 5) is 30.0. The fourth-order valence-corrected chi connectivity index (χ4v) is 6.46. The molecule has 0 spiro atoms. The van der Waals surface area contributed by atoms with E-state index in [0.29, 0.717) is 37.9 Å². The van der Waals surface area contributed by atoms with Crippen molar-refractivity contribution in [3.8, 4) is 0 Å². The quantitative estimate of drug-likeness (QED) is 0.355. The van der Waals surface area contributed by atoms with E-state index in [9.17, 15) is 26.8 Å². The molecule has 1 fully saturated rings. The number of nitrogens with zero attached hydrogens (tertiary/aromatic N) is 3. The number of amides is 2. The van der Waals surface area contributed by atoms with Crippen LogP contribution < -0.4 is 0 Å². The monoisotopic (exact) mass is 569 g/mol. The maximum absolute atomic E-state index is 14.0. The van der Waals surface area contributed by atoms with E-state index in [1.54, 1.807) is 46.2 Å². The smallest absolute Gasteiger partial charge is 0.253 e. The minimum atomic E-state index is -3.91. The van der Waals surface area contributed by atoms with Crippen LogP contribution in [-0.4, -0.2) is 66.6 Å². The Morgan fingerprint density at radius 1 is 0.900 bits per heavy atom. The van der Waals surface area contributed by atoms with Gasteiger partial charge >= 0.3 is 0 Å². The minimum absolute atomic E-state index is 0.102. The predicted molar refractivity (Wildman–Crippen MR) is 148 cm³/mol. The molecule has 3 aromatic carbocycles. The van der Waals surface area contributed by atoms with Gasteiger partial charge < -0.3 is 9.80 Å². The van der Waals surface area contributed by atoms with E-state index in [1.165, 1.54) is 46.8 Å². The Labute approximate surface area is 234 Å². The van der Waals surface area contributed by atoms with Crippen LogP contribution in [0, 0.1) is 11.6 Å². The Balaban J connectivity index is 1.54. The average Bonchev–Trinajstić information content (AvgIpc) is 2.96. The minimum Gasteiger partial charge on any atom is -0.338 e. The van der Waals surface area contributed by atoms with E-state index in [1.807, 2.05) is 6.92 Å². The molecule has 0 aliphatic carbocycles. The molecule has 0 N–H and O–H groups in total. The fraction of sp³-hybridized carbons (Fsp3) is 0.333. The zero-order valence-corrected chi connectivity index (χ0v) is 23.2. The summed E-state index contributed by atoms with van der Waals surface area (Å²) < 4.78 is 55.6. The summed E-state index contributed by atoms with van der Waals surface area (Å²) in [6.45, 7) is 2.43. The average molecular weight is 570 g/mol. The number of rotatable bonds is 10. The second-order valence-corrected chi connectivity index (χ2v) is 11.8. The summed E-state index contributed by atoms with van der Waals surface area (Å²) >= 11 is 0. The van der Waals surface area contributed by atoms with Crippen molar-refractivity contribution in [2.24, 2.45) is 0 Å². The molecule has 212 valence electrons. The van der Waals surface area contributed by atoms with Gasteiger partial charge in [-0.25, -0.2) is 17.2 Å². The van der Waals surface area contributed by atoms with Crippen molar-refractivity contribution in [1.82, 2.24) is 14.1 Å². The van der Waals surface area contributed by atoms with Crippen LogP contribution in [0.3, 0.4) is 0 Å². The van der Waals surface area contributed by atoms with Gasteiger partial charge in [-0.1, -0.05) is 43.3 Å². The summed E-state index contributed by atoms with van der Waals surface area (Å²) in [6.07, 6.45) is 1.41. The van der Waals surface area contributed by atoms with Gasteiger partial charge in [0.2, 0.25) is 15.9 Å². The van der Waals surface area contributed by atoms with E-state index in [0.717, 1.165) is 0 Å². The van der Waals surface area contributed by atoms with Crippen LogP contribution in [0.5, 0.6) is 0 Å². The fourth-order valence-electron chi connectivity index (χ4n) is 4.95. The van der Waals surface area contributed by atoms with Gasteiger partial charge in [0.15, 0.2) is 0 Å². The summed E-state index contributed by atoms with van der Waals surface area (Å²) in [7, 11) is -3.91. The van der Waals surface area contributed by atoms with Gasteiger partial charge in [-0.15, -0.1) is 0 Å².